The van der Waals surface area contributed by atoms with Gasteiger partial charge in [-0.25, -0.2) is 0 Å². The number of para-hydroxylation sites is 1. The Morgan fingerprint density at radius 1 is 0.917 bits per heavy atom. The molecule has 36 heavy (non-hydrogen) atoms. The summed E-state index contributed by atoms with van der Waals surface area (Å²) in [6.07, 6.45) is 9.73. The predicted molar refractivity (Wildman–Crippen MR) is 147 cm³/mol. The van der Waals surface area contributed by atoms with Crippen LogP contribution < -0.4 is 10.6 Å². The highest BCUT2D eigenvalue weighted by Gasteiger charge is 2.29. The van der Waals surface area contributed by atoms with Crippen LogP contribution in [0, 0.1) is 11.3 Å². The zero-order chi connectivity index (χ0) is 26.4. The lowest BCUT2D eigenvalue weighted by molar-refractivity contribution is -0.122. The lowest BCUT2D eigenvalue weighted by Crippen LogP contribution is -2.50. The molecule has 6 nitrogen and oxygen atoms in total. The summed E-state index contributed by atoms with van der Waals surface area (Å²) in [5.74, 6) is -0.347. The summed E-state index contributed by atoms with van der Waals surface area (Å²) < 4.78 is 0. The largest absolute Gasteiger partial charge is 0.355 e. The number of rotatable bonds is 14. The van der Waals surface area contributed by atoms with Gasteiger partial charge in [-0.2, -0.15) is 5.26 Å². The molecule has 194 valence electrons. The Morgan fingerprint density at radius 3 is 2.25 bits per heavy atom. The van der Waals surface area contributed by atoms with E-state index in [1.54, 1.807) is 29.2 Å². The summed E-state index contributed by atoms with van der Waals surface area (Å²) in [6.45, 7) is 8.67. The summed E-state index contributed by atoms with van der Waals surface area (Å²) in [5.41, 5.74) is 1.87. The molecule has 0 aromatic heterocycles. The number of unbranched alkanes of at least 4 members (excludes halogenated alkanes) is 7. The molecule has 0 aliphatic heterocycles. The molecule has 6 heteroatoms. The quantitative estimate of drug-likeness (QED) is 0.285. The average Bonchev–Trinajstić information content (AvgIpc) is 2.85. The van der Waals surface area contributed by atoms with Gasteiger partial charge in [-0.1, -0.05) is 70.1 Å². The van der Waals surface area contributed by atoms with E-state index < -0.39 is 5.54 Å². The van der Waals surface area contributed by atoms with Crippen LogP contribution in [0.15, 0.2) is 48.5 Å². The molecule has 2 rings (SSSR count). The van der Waals surface area contributed by atoms with E-state index in [1.165, 1.54) is 38.5 Å². The van der Waals surface area contributed by atoms with Crippen molar-refractivity contribution in [3.8, 4) is 6.07 Å². The first-order chi connectivity index (χ1) is 17.3. The van der Waals surface area contributed by atoms with Crippen LogP contribution >= 0.6 is 0 Å². The number of nitrogens with one attached hydrogen (secondary N) is 2. The molecule has 0 unspecified atom stereocenters. The molecule has 2 N–H and O–H groups in total. The Labute approximate surface area is 217 Å². The first-order valence-electron chi connectivity index (χ1n) is 13.2. The topological polar surface area (TPSA) is 85.2 Å². The lowest BCUT2D eigenvalue weighted by Gasteiger charge is -2.35. The van der Waals surface area contributed by atoms with Gasteiger partial charge in [0, 0.05) is 23.3 Å². The first-order valence-corrected chi connectivity index (χ1v) is 13.2. The Bertz CT molecular complexity index is 1020. The van der Waals surface area contributed by atoms with Gasteiger partial charge in [-0.3, -0.25) is 9.59 Å². The Morgan fingerprint density at radius 2 is 1.58 bits per heavy atom. The Hall–Kier alpha value is -3.33. The molecule has 2 aromatic rings. The lowest BCUT2D eigenvalue weighted by atomic mass is 10.0. The van der Waals surface area contributed by atoms with Crippen LogP contribution in [0.25, 0.3) is 0 Å². The predicted octanol–water partition coefficient (Wildman–Crippen LogP) is 6.80. The van der Waals surface area contributed by atoms with E-state index in [4.69, 9.17) is 0 Å². The molecule has 0 radical (unpaired) electrons. The van der Waals surface area contributed by atoms with Crippen molar-refractivity contribution < 1.29 is 9.59 Å². The van der Waals surface area contributed by atoms with Gasteiger partial charge in [0.2, 0.25) is 5.91 Å². The summed E-state index contributed by atoms with van der Waals surface area (Å²) >= 11 is 0. The van der Waals surface area contributed by atoms with Gasteiger partial charge in [-0.05, 0) is 57.5 Å². The van der Waals surface area contributed by atoms with Crippen molar-refractivity contribution in [2.45, 2.75) is 84.6 Å². The Kier molecular flexibility index (Phi) is 12.0. The normalized spacial score (nSPS) is 11.0. The number of hydrogen-bond donors (Lipinski definition) is 2. The van der Waals surface area contributed by atoms with Gasteiger partial charge in [0.15, 0.2) is 0 Å². The van der Waals surface area contributed by atoms with Crippen molar-refractivity contribution in [3.05, 3.63) is 59.7 Å². The van der Waals surface area contributed by atoms with Crippen molar-refractivity contribution in [1.29, 1.82) is 5.26 Å². The van der Waals surface area contributed by atoms with Crippen LogP contribution in [0.5, 0.6) is 0 Å². The molecule has 0 heterocycles. The number of nitriles is 1. The fraction of sp³-hybridized carbons (Fsp3) is 0.500. The van der Waals surface area contributed by atoms with Gasteiger partial charge in [-0.15, -0.1) is 0 Å². The van der Waals surface area contributed by atoms with Crippen LogP contribution in [-0.2, 0) is 4.79 Å². The monoisotopic (exact) mass is 490 g/mol. The first kappa shape index (κ1) is 28.9. The zero-order valence-electron chi connectivity index (χ0n) is 22.4. The zero-order valence-corrected chi connectivity index (χ0v) is 22.4. The molecule has 0 saturated carbocycles. The van der Waals surface area contributed by atoms with Crippen molar-refractivity contribution >= 4 is 23.2 Å². The maximum atomic E-state index is 13.4. The third kappa shape index (κ3) is 9.73. The minimum absolute atomic E-state index is 0.00821. The fourth-order valence-electron chi connectivity index (χ4n) is 4.03. The molecule has 0 aliphatic rings. The molecule has 0 spiro atoms. The van der Waals surface area contributed by atoms with Gasteiger partial charge in [0.05, 0.1) is 11.3 Å². The second kappa shape index (κ2) is 14.9. The molecule has 0 saturated heterocycles. The van der Waals surface area contributed by atoms with Crippen molar-refractivity contribution in [3.63, 3.8) is 0 Å². The molecule has 2 aromatic carbocycles. The number of carbonyl (C=O) groups is 2. The third-order valence-corrected chi connectivity index (χ3v) is 6.15. The minimum Gasteiger partial charge on any atom is -0.355 e. The fourth-order valence-corrected chi connectivity index (χ4v) is 4.03. The van der Waals surface area contributed by atoms with Crippen LogP contribution in [0.4, 0.5) is 11.4 Å². The van der Waals surface area contributed by atoms with Gasteiger partial charge < -0.3 is 15.5 Å². The van der Waals surface area contributed by atoms with Gasteiger partial charge >= 0.3 is 0 Å². The summed E-state index contributed by atoms with van der Waals surface area (Å²) in [7, 11) is 0. The van der Waals surface area contributed by atoms with E-state index in [-0.39, 0.29) is 18.4 Å². The van der Waals surface area contributed by atoms with Crippen LogP contribution in [0.3, 0.4) is 0 Å². The molecule has 0 atom stereocenters. The smallest absolute Gasteiger partial charge is 0.254 e. The SMILES string of the molecule is CCCCCCCCCCNC(=O)CN(C(=O)c1cccc(Nc2ccccc2C#N)c1)C(C)(C)C. The number of benzene rings is 2. The second-order valence-electron chi connectivity index (χ2n) is 10.3. The number of hydrogen-bond acceptors (Lipinski definition) is 4. The molecule has 0 fully saturated rings. The van der Waals surface area contributed by atoms with Crippen LogP contribution in [-0.4, -0.2) is 35.3 Å². The summed E-state index contributed by atoms with van der Waals surface area (Å²) in [5, 5.41) is 15.5. The molecular weight excluding hydrogens is 448 g/mol. The van der Waals surface area contributed by atoms with E-state index >= 15 is 0 Å². The number of carbonyl (C=O) groups excluding carboxylic acids is 2. The van der Waals surface area contributed by atoms with Crippen molar-refractivity contribution in [1.82, 2.24) is 10.2 Å². The second-order valence-corrected chi connectivity index (χ2v) is 10.3. The maximum absolute atomic E-state index is 13.4. The number of nitrogens with zero attached hydrogens (tertiary/aromatic N) is 2. The molecule has 0 aliphatic carbocycles. The average molecular weight is 491 g/mol. The molecular formula is C30H42N4O2. The highest BCUT2D eigenvalue weighted by Crippen LogP contribution is 2.23. The third-order valence-electron chi connectivity index (χ3n) is 6.15. The van der Waals surface area contributed by atoms with E-state index in [9.17, 15) is 14.9 Å². The molecule has 2 amide bonds. The standard InChI is InChI=1S/C30H42N4O2/c1-5-6-7-8-9-10-11-14-20-32-28(35)23-34(30(2,3)4)29(36)24-17-15-18-26(21-24)33-27-19-13-12-16-25(27)22-31/h12-13,15-19,21,33H,5-11,14,20,23H2,1-4H3,(H,32,35). The molecule has 0 bridgehead atoms. The van der Waals surface area contributed by atoms with E-state index in [1.807, 2.05) is 45.0 Å². The summed E-state index contributed by atoms with van der Waals surface area (Å²) in [6, 6.07) is 16.6. The highest BCUT2D eigenvalue weighted by molar-refractivity contribution is 5.98. The number of amides is 2. The Balaban J connectivity index is 1.94. The van der Waals surface area contributed by atoms with Gasteiger partial charge in [0.1, 0.15) is 12.6 Å². The van der Waals surface area contributed by atoms with Gasteiger partial charge in [0.25, 0.3) is 5.91 Å². The summed E-state index contributed by atoms with van der Waals surface area (Å²) in [4.78, 5) is 27.7. The number of anilines is 2. The van der Waals surface area contributed by atoms with Crippen LogP contribution in [0.1, 0.15) is 95.0 Å². The van der Waals surface area contributed by atoms with Crippen molar-refractivity contribution in [2.24, 2.45) is 0 Å². The van der Waals surface area contributed by atoms with E-state index in [2.05, 4.69) is 23.6 Å². The van der Waals surface area contributed by atoms with E-state index in [0.29, 0.717) is 29.0 Å². The van der Waals surface area contributed by atoms with Crippen molar-refractivity contribution in [2.75, 3.05) is 18.4 Å². The maximum Gasteiger partial charge on any atom is 0.254 e. The minimum atomic E-state index is -0.524. The van der Waals surface area contributed by atoms with E-state index in [0.717, 1.165) is 12.8 Å². The highest BCUT2D eigenvalue weighted by atomic mass is 16.2. The van der Waals surface area contributed by atoms with Crippen LogP contribution in [0.2, 0.25) is 0 Å².